The molecule has 1 N–H and O–H groups in total. The van der Waals surface area contributed by atoms with Gasteiger partial charge in [-0.15, -0.1) is 24.9 Å². The highest BCUT2D eigenvalue weighted by Gasteiger charge is 2.77. The summed E-state index contributed by atoms with van der Waals surface area (Å²) in [6, 6.07) is 6.06. The maximum absolute atomic E-state index is 14.9. The summed E-state index contributed by atoms with van der Waals surface area (Å²) < 4.78 is 10.3. The van der Waals surface area contributed by atoms with Gasteiger partial charge in [0.15, 0.2) is 0 Å². The summed E-state index contributed by atoms with van der Waals surface area (Å²) in [5.74, 6) is -1.11. The van der Waals surface area contributed by atoms with Crippen molar-refractivity contribution in [2.45, 2.75) is 56.2 Å². The number of anilines is 1. The van der Waals surface area contributed by atoms with Crippen LogP contribution in [0.5, 0.6) is 5.75 Å². The Kier molecular flexibility index (Phi) is 11.4. The molecule has 0 saturated carbocycles. The van der Waals surface area contributed by atoms with Gasteiger partial charge in [-0.25, -0.2) is 0 Å². The van der Waals surface area contributed by atoms with E-state index in [4.69, 9.17) is 9.47 Å². The predicted octanol–water partition coefficient (Wildman–Crippen LogP) is 3.31. The number of hydrogen-bond donors (Lipinski definition) is 1. The molecule has 1 spiro atoms. The predicted molar refractivity (Wildman–Crippen MR) is 185 cm³/mol. The standard InChI is InChI=1S/C36H52N4O6S/c1-7-14-38(17-16-37-18-20-45-21-19-37)35(44)32-36-25(6)22-29(47-36)30(31(36)34(43)40(32)28(23-41)24(4)5)33(42)39(15-8-2)26-10-12-27(13-11-26)46-9-3/h7-8,10-13,24-25,28-32,41H,1-2,9,14-23H2,3-6H3/t25?,28-,29-,30+,31-,32?,36?/m0/s1. The van der Waals surface area contributed by atoms with Gasteiger partial charge in [-0.1, -0.05) is 32.9 Å². The van der Waals surface area contributed by atoms with Crippen LogP contribution in [-0.4, -0.2) is 125 Å². The Bertz CT molecular complexity index is 1300. The van der Waals surface area contributed by atoms with Crippen LogP contribution in [0, 0.1) is 23.7 Å². The van der Waals surface area contributed by atoms with Crippen molar-refractivity contribution < 1.29 is 29.0 Å². The van der Waals surface area contributed by atoms with E-state index in [0.717, 1.165) is 25.3 Å². The van der Waals surface area contributed by atoms with Crippen LogP contribution in [-0.2, 0) is 19.1 Å². The Hall–Kier alpha value is -2.86. The largest absolute Gasteiger partial charge is 0.494 e. The summed E-state index contributed by atoms with van der Waals surface area (Å²) in [4.78, 5) is 52.0. The number of nitrogens with zero attached hydrogens (tertiary/aromatic N) is 4. The van der Waals surface area contributed by atoms with Gasteiger partial charge in [0.2, 0.25) is 17.7 Å². The molecule has 4 fully saturated rings. The van der Waals surface area contributed by atoms with E-state index in [1.807, 2.05) is 49.9 Å². The average molecular weight is 669 g/mol. The van der Waals surface area contributed by atoms with E-state index >= 15 is 0 Å². The maximum atomic E-state index is 14.9. The minimum absolute atomic E-state index is 0.0177. The molecule has 5 rings (SSSR count). The van der Waals surface area contributed by atoms with Gasteiger partial charge in [0.1, 0.15) is 11.8 Å². The third kappa shape index (κ3) is 6.48. The SMILES string of the molecule is C=CCN(CCN1CCOCC1)C(=O)C1N([C@@H](CO)C(C)C)C(=O)[C@@H]2[C@H](C(=O)N(CC=C)c3ccc(OCC)cc3)[C@@H]3CC(C)C12S3. The van der Waals surface area contributed by atoms with Crippen LogP contribution >= 0.6 is 11.8 Å². The van der Waals surface area contributed by atoms with Crippen molar-refractivity contribution in [3.05, 3.63) is 49.6 Å². The van der Waals surface area contributed by atoms with Gasteiger partial charge in [0.05, 0.1) is 49.1 Å². The molecule has 4 saturated heterocycles. The molecular weight excluding hydrogens is 616 g/mol. The zero-order chi connectivity index (χ0) is 33.9. The molecule has 3 amide bonds. The molecule has 4 aliphatic heterocycles. The maximum Gasteiger partial charge on any atom is 0.247 e. The lowest BCUT2D eigenvalue weighted by molar-refractivity contribution is -0.146. The second-order valence-electron chi connectivity index (χ2n) is 13.5. The van der Waals surface area contributed by atoms with Gasteiger partial charge < -0.3 is 29.3 Å². The molecule has 4 heterocycles. The number of fused-ring (bicyclic) bond motifs is 1. The second kappa shape index (κ2) is 15.1. The van der Waals surface area contributed by atoms with Gasteiger partial charge in [0.25, 0.3) is 0 Å². The Balaban J connectivity index is 1.52. The average Bonchev–Trinajstić information content (AvgIpc) is 3.66. The first-order valence-corrected chi connectivity index (χ1v) is 18.0. The number of carbonyl (C=O) groups excluding carboxylic acids is 3. The van der Waals surface area contributed by atoms with Crippen molar-refractivity contribution in [3.8, 4) is 5.75 Å². The first-order valence-electron chi connectivity index (χ1n) is 17.1. The molecule has 3 unspecified atom stereocenters. The van der Waals surface area contributed by atoms with E-state index < -0.39 is 28.7 Å². The molecule has 0 radical (unpaired) electrons. The Morgan fingerprint density at radius 3 is 2.43 bits per heavy atom. The number of benzene rings is 1. The first-order chi connectivity index (χ1) is 22.6. The van der Waals surface area contributed by atoms with Gasteiger partial charge in [0, 0.05) is 50.2 Å². The third-order valence-corrected chi connectivity index (χ3v) is 12.6. The molecule has 0 aromatic heterocycles. The molecule has 1 aromatic rings. The molecule has 1 aromatic carbocycles. The quantitative estimate of drug-likeness (QED) is 0.284. The Morgan fingerprint density at radius 1 is 1.15 bits per heavy atom. The number of ether oxygens (including phenoxy) is 2. The van der Waals surface area contributed by atoms with Crippen LogP contribution in [0.1, 0.15) is 34.1 Å². The number of aliphatic hydroxyl groups excluding tert-OH is 1. The molecule has 47 heavy (non-hydrogen) atoms. The summed E-state index contributed by atoms with van der Waals surface area (Å²) in [5, 5.41) is 10.6. The summed E-state index contributed by atoms with van der Waals surface area (Å²) >= 11 is 1.66. The van der Waals surface area contributed by atoms with Crippen LogP contribution in [0.25, 0.3) is 0 Å². The van der Waals surface area contributed by atoms with E-state index in [0.29, 0.717) is 45.1 Å². The number of carbonyl (C=O) groups is 3. The Labute approximate surface area is 284 Å². The van der Waals surface area contributed by atoms with E-state index in [1.165, 1.54) is 0 Å². The summed E-state index contributed by atoms with van der Waals surface area (Å²) in [5.41, 5.74) is 0.707. The van der Waals surface area contributed by atoms with Crippen molar-refractivity contribution >= 4 is 35.2 Å². The molecular formula is C36H52N4O6S. The van der Waals surface area contributed by atoms with E-state index in [1.54, 1.807) is 33.7 Å². The normalized spacial score (nSPS) is 29.1. The number of aliphatic hydroxyl groups is 1. The third-order valence-electron chi connectivity index (χ3n) is 10.5. The number of hydrogen-bond acceptors (Lipinski definition) is 8. The van der Waals surface area contributed by atoms with E-state index in [2.05, 4.69) is 25.0 Å². The van der Waals surface area contributed by atoms with Crippen LogP contribution in [0.15, 0.2) is 49.6 Å². The highest BCUT2D eigenvalue weighted by molar-refractivity contribution is 8.02. The summed E-state index contributed by atoms with van der Waals surface area (Å²) in [6.07, 6.45) is 4.16. The lowest BCUT2D eigenvalue weighted by Gasteiger charge is -2.43. The monoisotopic (exact) mass is 668 g/mol. The van der Waals surface area contributed by atoms with Crippen molar-refractivity contribution in [1.82, 2.24) is 14.7 Å². The highest BCUT2D eigenvalue weighted by atomic mass is 32.2. The second-order valence-corrected chi connectivity index (χ2v) is 15.0. The molecule has 0 aliphatic carbocycles. The first kappa shape index (κ1) is 35.4. The minimum Gasteiger partial charge on any atom is -0.494 e. The smallest absolute Gasteiger partial charge is 0.247 e. The zero-order valence-corrected chi connectivity index (χ0v) is 29.2. The number of rotatable bonds is 15. The summed E-state index contributed by atoms with van der Waals surface area (Å²) in [7, 11) is 0. The van der Waals surface area contributed by atoms with Gasteiger partial charge >= 0.3 is 0 Å². The van der Waals surface area contributed by atoms with Crippen LogP contribution in [0.4, 0.5) is 5.69 Å². The fraction of sp³-hybridized carbons (Fsp3) is 0.639. The van der Waals surface area contributed by atoms with Crippen LogP contribution in [0.2, 0.25) is 0 Å². The van der Waals surface area contributed by atoms with Crippen molar-refractivity contribution in [3.63, 3.8) is 0 Å². The topological polar surface area (TPSA) is 103 Å². The van der Waals surface area contributed by atoms with E-state index in [9.17, 15) is 19.5 Å². The lowest BCUT2D eigenvalue weighted by Crippen LogP contribution is -2.60. The molecule has 4 aliphatic rings. The fourth-order valence-electron chi connectivity index (χ4n) is 8.23. The molecule has 10 nitrogen and oxygen atoms in total. The van der Waals surface area contributed by atoms with Crippen LogP contribution < -0.4 is 9.64 Å². The van der Waals surface area contributed by atoms with Gasteiger partial charge in [-0.05, 0) is 49.4 Å². The van der Waals surface area contributed by atoms with Gasteiger partial charge in [-0.3, -0.25) is 19.3 Å². The number of thioether (sulfide) groups is 1. The van der Waals surface area contributed by atoms with Gasteiger partial charge in [-0.2, -0.15) is 0 Å². The summed E-state index contributed by atoms with van der Waals surface area (Å²) in [6.45, 7) is 20.9. The Morgan fingerprint density at radius 2 is 1.83 bits per heavy atom. The number of likely N-dealkylation sites (tertiary alicyclic amines) is 1. The molecule has 2 bridgehead atoms. The molecule has 11 heteroatoms. The van der Waals surface area contributed by atoms with E-state index in [-0.39, 0.29) is 48.0 Å². The van der Waals surface area contributed by atoms with Crippen molar-refractivity contribution in [2.75, 3.05) is 70.6 Å². The van der Waals surface area contributed by atoms with Crippen molar-refractivity contribution in [2.24, 2.45) is 23.7 Å². The molecule has 7 atom stereocenters. The number of morpholine rings is 1. The van der Waals surface area contributed by atoms with Crippen LogP contribution in [0.3, 0.4) is 0 Å². The number of amides is 3. The zero-order valence-electron chi connectivity index (χ0n) is 28.4. The van der Waals surface area contributed by atoms with Crippen molar-refractivity contribution in [1.29, 1.82) is 0 Å². The fourth-order valence-corrected chi connectivity index (χ4v) is 10.6. The molecule has 258 valence electrons. The minimum atomic E-state index is -0.801. The lowest BCUT2D eigenvalue weighted by atomic mass is 9.65. The highest BCUT2D eigenvalue weighted by Crippen LogP contribution is 2.69.